The SMILES string of the molecule is C=CCCN=C(N)Nc1ccc(C(=O)NCCCCCCNc2cccc(C3CCC(=O)NC3=O)c2)cc1. The third-order valence-corrected chi connectivity index (χ3v) is 6.28. The number of rotatable bonds is 14. The van der Waals surface area contributed by atoms with Crippen molar-refractivity contribution in [2.75, 3.05) is 30.3 Å². The first-order valence-electron chi connectivity index (χ1n) is 13.2. The molecule has 0 aliphatic carbocycles. The Labute approximate surface area is 224 Å². The number of amides is 3. The standard InChI is InChI=1S/C29H38N6O3/c1-2-3-17-33-29(30)34-23-13-11-21(12-14-23)27(37)32-19-7-5-4-6-18-31-24-10-8-9-22(20-24)25-15-16-26(36)35-28(25)38/h2,8-14,20,25,31H,1,3-7,15-19H2,(H,32,37)(H3,30,33,34)(H,35,36,38). The van der Waals surface area contributed by atoms with Crippen molar-refractivity contribution in [3.63, 3.8) is 0 Å². The van der Waals surface area contributed by atoms with Gasteiger partial charge in [-0.05, 0) is 67.6 Å². The summed E-state index contributed by atoms with van der Waals surface area (Å²) < 4.78 is 0. The predicted molar refractivity (Wildman–Crippen MR) is 152 cm³/mol. The van der Waals surface area contributed by atoms with Crippen molar-refractivity contribution in [2.24, 2.45) is 10.7 Å². The average molecular weight is 519 g/mol. The molecular weight excluding hydrogens is 480 g/mol. The van der Waals surface area contributed by atoms with E-state index in [1.54, 1.807) is 30.3 Å². The smallest absolute Gasteiger partial charge is 0.251 e. The summed E-state index contributed by atoms with van der Waals surface area (Å²) in [5, 5.41) is 11.8. The molecule has 1 unspecified atom stereocenters. The van der Waals surface area contributed by atoms with E-state index in [9.17, 15) is 14.4 Å². The normalized spacial score (nSPS) is 15.5. The molecule has 0 aromatic heterocycles. The van der Waals surface area contributed by atoms with Crippen LogP contribution in [0.4, 0.5) is 11.4 Å². The highest BCUT2D eigenvalue weighted by Gasteiger charge is 2.27. The van der Waals surface area contributed by atoms with Gasteiger partial charge in [0.2, 0.25) is 11.8 Å². The number of nitrogens with two attached hydrogens (primary N) is 1. The van der Waals surface area contributed by atoms with Gasteiger partial charge in [-0.15, -0.1) is 6.58 Å². The van der Waals surface area contributed by atoms with Gasteiger partial charge in [0, 0.05) is 43.0 Å². The number of nitrogens with zero attached hydrogens (tertiary/aromatic N) is 1. The van der Waals surface area contributed by atoms with Gasteiger partial charge in [0.1, 0.15) is 0 Å². The first-order valence-corrected chi connectivity index (χ1v) is 13.2. The van der Waals surface area contributed by atoms with Crippen molar-refractivity contribution in [2.45, 2.75) is 50.9 Å². The van der Waals surface area contributed by atoms with E-state index in [1.165, 1.54) is 0 Å². The number of anilines is 2. The Morgan fingerprint density at radius 2 is 1.82 bits per heavy atom. The Kier molecular flexibility index (Phi) is 11.4. The highest BCUT2D eigenvalue weighted by molar-refractivity contribution is 6.01. The first-order chi connectivity index (χ1) is 18.5. The first kappa shape index (κ1) is 28.4. The molecule has 0 radical (unpaired) electrons. The Hall–Kier alpha value is -4.14. The van der Waals surface area contributed by atoms with Crippen molar-refractivity contribution >= 4 is 35.1 Å². The lowest BCUT2D eigenvalue weighted by atomic mass is 9.90. The van der Waals surface area contributed by atoms with Crippen LogP contribution in [-0.2, 0) is 9.59 Å². The lowest BCUT2D eigenvalue weighted by molar-refractivity contribution is -0.134. The topological polar surface area (TPSA) is 138 Å². The van der Waals surface area contributed by atoms with Crippen LogP contribution in [0.3, 0.4) is 0 Å². The molecule has 38 heavy (non-hydrogen) atoms. The Morgan fingerprint density at radius 3 is 2.55 bits per heavy atom. The van der Waals surface area contributed by atoms with Crippen molar-refractivity contribution in [1.29, 1.82) is 0 Å². The van der Waals surface area contributed by atoms with Crippen molar-refractivity contribution < 1.29 is 14.4 Å². The molecule has 3 rings (SSSR count). The van der Waals surface area contributed by atoms with Gasteiger partial charge in [-0.3, -0.25) is 24.7 Å². The summed E-state index contributed by atoms with van der Waals surface area (Å²) in [6, 6.07) is 15.0. The maximum Gasteiger partial charge on any atom is 0.251 e. The van der Waals surface area contributed by atoms with E-state index in [0.717, 1.165) is 55.6 Å². The van der Waals surface area contributed by atoms with E-state index >= 15 is 0 Å². The summed E-state index contributed by atoms with van der Waals surface area (Å²) in [6.45, 7) is 5.69. The zero-order chi connectivity index (χ0) is 27.2. The van der Waals surface area contributed by atoms with Gasteiger partial charge in [0.05, 0.1) is 5.92 Å². The highest BCUT2D eigenvalue weighted by atomic mass is 16.2. The minimum Gasteiger partial charge on any atom is -0.385 e. The number of nitrogens with one attached hydrogen (secondary N) is 4. The number of aliphatic imine (C=N–C) groups is 1. The molecule has 1 atom stereocenters. The second-order valence-corrected chi connectivity index (χ2v) is 9.27. The lowest BCUT2D eigenvalue weighted by Crippen LogP contribution is -2.39. The number of hydrogen-bond acceptors (Lipinski definition) is 5. The molecule has 6 N–H and O–H groups in total. The molecule has 0 saturated carbocycles. The summed E-state index contributed by atoms with van der Waals surface area (Å²) in [5.74, 6) is -0.452. The molecular formula is C29H38N6O3. The fraction of sp³-hybridized carbons (Fsp3) is 0.379. The van der Waals surface area contributed by atoms with Gasteiger partial charge >= 0.3 is 0 Å². The summed E-state index contributed by atoms with van der Waals surface area (Å²) in [6.07, 6.45) is 7.46. The summed E-state index contributed by atoms with van der Waals surface area (Å²) in [7, 11) is 0. The zero-order valence-corrected chi connectivity index (χ0v) is 21.8. The van der Waals surface area contributed by atoms with Crippen LogP contribution in [0.25, 0.3) is 0 Å². The second-order valence-electron chi connectivity index (χ2n) is 9.27. The van der Waals surface area contributed by atoms with Crippen LogP contribution in [0.15, 0.2) is 66.2 Å². The van der Waals surface area contributed by atoms with Crippen LogP contribution >= 0.6 is 0 Å². The predicted octanol–water partition coefficient (Wildman–Crippen LogP) is 3.91. The van der Waals surface area contributed by atoms with Crippen LogP contribution in [0.5, 0.6) is 0 Å². The number of imide groups is 1. The Morgan fingerprint density at radius 1 is 1.05 bits per heavy atom. The van der Waals surface area contributed by atoms with Gasteiger partial charge in [-0.2, -0.15) is 0 Å². The largest absolute Gasteiger partial charge is 0.385 e. The number of guanidine groups is 1. The zero-order valence-electron chi connectivity index (χ0n) is 21.8. The van der Waals surface area contributed by atoms with Gasteiger partial charge in [0.25, 0.3) is 5.91 Å². The van der Waals surface area contributed by atoms with Crippen molar-refractivity contribution in [1.82, 2.24) is 10.6 Å². The monoisotopic (exact) mass is 518 g/mol. The van der Waals surface area contributed by atoms with Crippen LogP contribution in [0.1, 0.15) is 66.8 Å². The molecule has 202 valence electrons. The molecule has 3 amide bonds. The second kappa shape index (κ2) is 15.2. The fourth-order valence-corrected chi connectivity index (χ4v) is 4.19. The van der Waals surface area contributed by atoms with E-state index in [0.29, 0.717) is 37.5 Å². The van der Waals surface area contributed by atoms with Crippen LogP contribution < -0.4 is 27.0 Å². The number of hydrogen-bond donors (Lipinski definition) is 5. The number of unbranched alkanes of at least 4 members (excludes halogenated alkanes) is 3. The molecule has 1 aliphatic heterocycles. The molecule has 1 aliphatic rings. The Balaban J connectivity index is 1.28. The lowest BCUT2D eigenvalue weighted by Gasteiger charge is -2.21. The molecule has 0 bridgehead atoms. The summed E-state index contributed by atoms with van der Waals surface area (Å²) in [5.41, 5.74) is 9.12. The fourth-order valence-electron chi connectivity index (χ4n) is 4.19. The van der Waals surface area contributed by atoms with E-state index in [4.69, 9.17) is 5.73 Å². The van der Waals surface area contributed by atoms with Crippen LogP contribution in [0.2, 0.25) is 0 Å². The Bertz CT molecular complexity index is 1130. The average Bonchev–Trinajstić information content (AvgIpc) is 2.91. The summed E-state index contributed by atoms with van der Waals surface area (Å²) in [4.78, 5) is 40.1. The third-order valence-electron chi connectivity index (χ3n) is 6.28. The number of carbonyl (C=O) groups excluding carboxylic acids is 3. The highest BCUT2D eigenvalue weighted by Crippen LogP contribution is 2.26. The number of piperidine rings is 1. The van der Waals surface area contributed by atoms with Crippen LogP contribution in [-0.4, -0.2) is 43.3 Å². The van der Waals surface area contributed by atoms with E-state index in [1.807, 2.05) is 24.3 Å². The quantitative estimate of drug-likeness (QED) is 0.0845. The van der Waals surface area contributed by atoms with Gasteiger partial charge in [-0.25, -0.2) is 0 Å². The van der Waals surface area contributed by atoms with Gasteiger partial charge in [0.15, 0.2) is 5.96 Å². The maximum atomic E-state index is 12.4. The molecule has 1 saturated heterocycles. The van der Waals surface area contributed by atoms with Crippen molar-refractivity contribution in [3.8, 4) is 0 Å². The molecule has 2 aromatic rings. The maximum absolute atomic E-state index is 12.4. The summed E-state index contributed by atoms with van der Waals surface area (Å²) >= 11 is 0. The molecule has 1 heterocycles. The van der Waals surface area contributed by atoms with E-state index < -0.39 is 0 Å². The van der Waals surface area contributed by atoms with Crippen LogP contribution in [0, 0.1) is 0 Å². The van der Waals surface area contributed by atoms with Gasteiger partial charge in [-0.1, -0.05) is 31.1 Å². The van der Waals surface area contributed by atoms with Crippen molar-refractivity contribution in [3.05, 3.63) is 72.3 Å². The van der Waals surface area contributed by atoms with Gasteiger partial charge < -0.3 is 21.7 Å². The van der Waals surface area contributed by atoms with E-state index in [2.05, 4.69) is 32.8 Å². The number of benzene rings is 2. The molecule has 1 fully saturated rings. The van der Waals surface area contributed by atoms with E-state index in [-0.39, 0.29) is 23.6 Å². The molecule has 2 aromatic carbocycles. The molecule has 9 heteroatoms. The minimum atomic E-state index is -0.273. The number of carbonyl (C=O) groups is 3. The minimum absolute atomic E-state index is 0.0956. The molecule has 0 spiro atoms. The third kappa shape index (κ3) is 9.38. The molecule has 9 nitrogen and oxygen atoms in total.